The Labute approximate surface area is 155 Å². The fourth-order valence-electron chi connectivity index (χ4n) is 3.37. The summed E-state index contributed by atoms with van der Waals surface area (Å²) in [4.78, 5) is 12.4. The summed E-state index contributed by atoms with van der Waals surface area (Å²) in [5.41, 5.74) is 3.28. The van der Waals surface area contributed by atoms with E-state index in [-0.39, 0.29) is 12.6 Å². The minimum atomic E-state index is 0.0608. The van der Waals surface area contributed by atoms with E-state index in [0.29, 0.717) is 30.0 Å². The minimum absolute atomic E-state index is 0.0608. The summed E-state index contributed by atoms with van der Waals surface area (Å²) in [6.07, 6.45) is 0.387. The Morgan fingerprint density at radius 2 is 1.74 bits per heavy atom. The van der Waals surface area contributed by atoms with Crippen LogP contribution < -0.4 is 14.8 Å². The minimum Gasteiger partial charge on any atom is -0.456 e. The number of benzene rings is 3. The monoisotopic (exact) mass is 359 g/mol. The molecular formula is C22H17NO4. The van der Waals surface area contributed by atoms with Crippen molar-refractivity contribution in [1.82, 2.24) is 0 Å². The van der Waals surface area contributed by atoms with E-state index in [1.54, 1.807) is 18.2 Å². The van der Waals surface area contributed by atoms with Crippen molar-refractivity contribution in [3.05, 3.63) is 66.2 Å². The number of carbonyl (C=O) groups is 1. The van der Waals surface area contributed by atoms with Gasteiger partial charge in [-0.05, 0) is 36.4 Å². The fourth-order valence-corrected chi connectivity index (χ4v) is 3.37. The van der Waals surface area contributed by atoms with Crippen LogP contribution in [0, 0.1) is 0 Å². The van der Waals surface area contributed by atoms with Gasteiger partial charge in [-0.1, -0.05) is 18.2 Å². The first-order valence-electron chi connectivity index (χ1n) is 8.86. The second-order valence-electron chi connectivity index (χ2n) is 6.48. The van der Waals surface area contributed by atoms with E-state index in [0.717, 1.165) is 27.6 Å². The van der Waals surface area contributed by atoms with E-state index in [9.17, 15) is 4.79 Å². The number of ether oxygens (including phenoxy) is 2. The normalized spacial score (nSPS) is 12.6. The lowest BCUT2D eigenvalue weighted by Crippen LogP contribution is -2.08. The van der Waals surface area contributed by atoms with Gasteiger partial charge in [0, 0.05) is 41.1 Å². The molecule has 4 aromatic rings. The zero-order valence-corrected chi connectivity index (χ0v) is 14.5. The van der Waals surface area contributed by atoms with Crippen LogP contribution in [0.25, 0.3) is 21.9 Å². The number of hydrogen-bond donors (Lipinski definition) is 1. The van der Waals surface area contributed by atoms with Gasteiger partial charge in [0.1, 0.15) is 11.2 Å². The maximum absolute atomic E-state index is 12.4. The molecule has 0 saturated heterocycles. The zero-order valence-electron chi connectivity index (χ0n) is 14.5. The number of anilines is 1. The third-order valence-electron chi connectivity index (χ3n) is 4.75. The van der Waals surface area contributed by atoms with Crippen molar-refractivity contribution in [2.75, 3.05) is 18.7 Å². The third-order valence-corrected chi connectivity index (χ3v) is 4.75. The number of rotatable bonds is 5. The molecule has 5 heteroatoms. The summed E-state index contributed by atoms with van der Waals surface area (Å²) in [6.45, 7) is 0.748. The highest BCUT2D eigenvalue weighted by Gasteiger charge is 2.16. The van der Waals surface area contributed by atoms with Crippen LogP contribution in [0.5, 0.6) is 11.5 Å². The first-order chi connectivity index (χ1) is 13.3. The van der Waals surface area contributed by atoms with Crippen molar-refractivity contribution in [1.29, 1.82) is 0 Å². The second-order valence-corrected chi connectivity index (χ2v) is 6.48. The second kappa shape index (κ2) is 6.36. The maximum atomic E-state index is 12.4. The van der Waals surface area contributed by atoms with Gasteiger partial charge < -0.3 is 19.2 Å². The van der Waals surface area contributed by atoms with Gasteiger partial charge in [0.25, 0.3) is 0 Å². The Morgan fingerprint density at radius 3 is 2.70 bits per heavy atom. The van der Waals surface area contributed by atoms with E-state index in [1.807, 2.05) is 36.4 Å². The molecule has 0 amide bonds. The highest BCUT2D eigenvalue weighted by molar-refractivity contribution is 6.05. The highest BCUT2D eigenvalue weighted by atomic mass is 16.7. The highest BCUT2D eigenvalue weighted by Crippen LogP contribution is 2.33. The number of nitrogens with one attached hydrogen (secondary N) is 1. The summed E-state index contributed by atoms with van der Waals surface area (Å²) in [5.74, 6) is 1.37. The van der Waals surface area contributed by atoms with Crippen LogP contribution >= 0.6 is 0 Å². The molecule has 0 atom stereocenters. The predicted octanol–water partition coefficient (Wildman–Crippen LogP) is 5.00. The molecular weight excluding hydrogens is 342 g/mol. The Bertz CT molecular complexity index is 1160. The summed E-state index contributed by atoms with van der Waals surface area (Å²) in [7, 11) is 0. The third kappa shape index (κ3) is 2.87. The van der Waals surface area contributed by atoms with E-state index >= 15 is 0 Å². The smallest absolute Gasteiger partial charge is 0.231 e. The molecule has 1 aromatic heterocycles. The molecule has 0 aliphatic carbocycles. The van der Waals surface area contributed by atoms with Gasteiger partial charge in [0.05, 0.1) is 0 Å². The van der Waals surface area contributed by atoms with Crippen molar-refractivity contribution >= 4 is 33.4 Å². The molecule has 2 heterocycles. The summed E-state index contributed by atoms with van der Waals surface area (Å²) >= 11 is 0. The van der Waals surface area contributed by atoms with E-state index in [1.165, 1.54) is 0 Å². The average Bonchev–Trinajstić information content (AvgIpc) is 3.31. The van der Waals surface area contributed by atoms with Crippen molar-refractivity contribution in [3.8, 4) is 11.5 Å². The first-order valence-corrected chi connectivity index (χ1v) is 8.86. The van der Waals surface area contributed by atoms with Crippen LogP contribution in [0.2, 0.25) is 0 Å². The van der Waals surface area contributed by atoms with Gasteiger partial charge in [0.2, 0.25) is 6.79 Å². The Balaban J connectivity index is 1.27. The standard InChI is InChI=1S/C22H17NO4/c24-18(14-5-8-20-22(11-14)26-13-25-20)9-10-23-15-6-7-17-16-3-1-2-4-19(16)27-21(17)12-15/h1-8,11-12,23H,9-10,13H2. The average molecular weight is 359 g/mol. The summed E-state index contributed by atoms with van der Waals surface area (Å²) in [6, 6.07) is 19.3. The molecule has 0 bridgehead atoms. The van der Waals surface area contributed by atoms with Gasteiger partial charge in [-0.15, -0.1) is 0 Å². The predicted molar refractivity (Wildman–Crippen MR) is 104 cm³/mol. The van der Waals surface area contributed by atoms with Gasteiger partial charge in [-0.25, -0.2) is 0 Å². The van der Waals surface area contributed by atoms with E-state index < -0.39 is 0 Å². The number of hydrogen-bond acceptors (Lipinski definition) is 5. The van der Waals surface area contributed by atoms with Crippen molar-refractivity contribution in [3.63, 3.8) is 0 Å². The van der Waals surface area contributed by atoms with Crippen LogP contribution in [0.15, 0.2) is 65.1 Å². The molecule has 0 radical (unpaired) electrons. The lowest BCUT2D eigenvalue weighted by molar-refractivity contribution is 0.0986. The number of furan rings is 1. The molecule has 5 rings (SSSR count). The Hall–Kier alpha value is -3.47. The Morgan fingerprint density at radius 1 is 0.889 bits per heavy atom. The van der Waals surface area contributed by atoms with Gasteiger partial charge in [-0.3, -0.25) is 4.79 Å². The van der Waals surface area contributed by atoms with E-state index in [2.05, 4.69) is 11.4 Å². The van der Waals surface area contributed by atoms with Crippen LogP contribution in [0.1, 0.15) is 16.8 Å². The summed E-state index contributed by atoms with van der Waals surface area (Å²) < 4.78 is 16.5. The quantitative estimate of drug-likeness (QED) is 0.508. The fraction of sp³-hybridized carbons (Fsp3) is 0.136. The number of ketones is 1. The Kier molecular flexibility index (Phi) is 3.71. The number of fused-ring (bicyclic) bond motifs is 4. The lowest BCUT2D eigenvalue weighted by Gasteiger charge is -2.06. The molecule has 134 valence electrons. The summed E-state index contributed by atoms with van der Waals surface area (Å²) in [5, 5.41) is 5.50. The molecule has 0 spiro atoms. The molecule has 0 saturated carbocycles. The number of carbonyl (C=O) groups excluding carboxylic acids is 1. The zero-order chi connectivity index (χ0) is 18.2. The molecule has 3 aromatic carbocycles. The van der Waals surface area contributed by atoms with Gasteiger partial charge in [-0.2, -0.15) is 0 Å². The largest absolute Gasteiger partial charge is 0.456 e. The molecule has 27 heavy (non-hydrogen) atoms. The van der Waals surface area contributed by atoms with Crippen molar-refractivity contribution in [2.45, 2.75) is 6.42 Å². The molecule has 1 aliphatic rings. The topological polar surface area (TPSA) is 60.7 Å². The van der Waals surface area contributed by atoms with Crippen LogP contribution in [0.4, 0.5) is 5.69 Å². The number of Topliss-reactive ketones (excluding diaryl/α,β-unsaturated/α-hetero) is 1. The van der Waals surface area contributed by atoms with E-state index in [4.69, 9.17) is 13.9 Å². The molecule has 1 aliphatic heterocycles. The van der Waals surface area contributed by atoms with Crippen LogP contribution in [0.3, 0.4) is 0 Å². The van der Waals surface area contributed by atoms with Crippen LogP contribution in [-0.2, 0) is 0 Å². The SMILES string of the molecule is O=C(CCNc1ccc2c(c1)oc1ccccc12)c1ccc2c(c1)OCO2. The lowest BCUT2D eigenvalue weighted by atomic mass is 10.1. The van der Waals surface area contributed by atoms with Crippen LogP contribution in [-0.4, -0.2) is 19.1 Å². The van der Waals surface area contributed by atoms with Gasteiger partial charge in [0.15, 0.2) is 17.3 Å². The first kappa shape index (κ1) is 15.8. The molecule has 0 unspecified atom stereocenters. The van der Waals surface area contributed by atoms with Gasteiger partial charge >= 0.3 is 0 Å². The molecule has 0 fully saturated rings. The maximum Gasteiger partial charge on any atom is 0.231 e. The number of para-hydroxylation sites is 1. The molecule has 5 nitrogen and oxygen atoms in total. The van der Waals surface area contributed by atoms with Crippen molar-refractivity contribution < 1.29 is 18.7 Å². The van der Waals surface area contributed by atoms with Crippen molar-refractivity contribution in [2.24, 2.45) is 0 Å². The molecule has 1 N–H and O–H groups in total.